The third kappa shape index (κ3) is 4.00. The fourth-order valence-corrected chi connectivity index (χ4v) is 3.77. The molecule has 0 bridgehead atoms. The fourth-order valence-electron chi connectivity index (χ4n) is 3.77. The molecule has 0 saturated carbocycles. The van der Waals surface area contributed by atoms with Gasteiger partial charge < -0.3 is 5.11 Å². The molecule has 8 heteroatoms. The fraction of sp³-hybridized carbons (Fsp3) is 0.120. The number of carbonyl (C=O) groups excluding carboxylic acids is 2. The third-order valence-electron chi connectivity index (χ3n) is 5.44. The number of aliphatic hydroxyl groups is 1. The Balaban J connectivity index is 1.92. The molecule has 0 spiro atoms. The first kappa shape index (κ1) is 22.3. The van der Waals surface area contributed by atoms with Gasteiger partial charge in [-0.1, -0.05) is 48.0 Å². The highest BCUT2D eigenvalue weighted by molar-refractivity contribution is 6.51. The van der Waals surface area contributed by atoms with E-state index in [2.05, 4.69) is 0 Å². The minimum absolute atomic E-state index is 0.0405. The number of nitrogens with zero attached hydrogens (tertiary/aromatic N) is 1. The topological polar surface area (TPSA) is 57.6 Å². The monoisotopic (exact) mass is 455 g/mol. The number of alkyl halides is 3. The van der Waals surface area contributed by atoms with Crippen molar-refractivity contribution in [3.63, 3.8) is 0 Å². The Kier molecular flexibility index (Phi) is 5.53. The summed E-state index contributed by atoms with van der Waals surface area (Å²) >= 11 is 0. The lowest BCUT2D eigenvalue weighted by molar-refractivity contribution is -0.137. The Bertz CT molecular complexity index is 1260. The SMILES string of the molecule is Cc1ccc(/C(O)=C2\C(=O)C(=O)N(c3ccc(C(F)(F)F)cc3)C2c2ccccc2F)cc1. The van der Waals surface area contributed by atoms with E-state index in [1.807, 2.05) is 6.92 Å². The Morgan fingerprint density at radius 1 is 0.909 bits per heavy atom. The summed E-state index contributed by atoms with van der Waals surface area (Å²) in [6.07, 6.45) is -4.59. The largest absolute Gasteiger partial charge is 0.507 e. The first-order valence-electron chi connectivity index (χ1n) is 9.89. The number of aliphatic hydroxyl groups excluding tert-OH is 1. The van der Waals surface area contributed by atoms with E-state index in [0.29, 0.717) is 0 Å². The minimum Gasteiger partial charge on any atom is -0.507 e. The number of Topliss-reactive ketones (excluding diaryl/α,β-unsaturated/α-hetero) is 1. The summed E-state index contributed by atoms with van der Waals surface area (Å²) < 4.78 is 53.8. The first-order valence-corrected chi connectivity index (χ1v) is 9.89. The maximum absolute atomic E-state index is 14.8. The second kappa shape index (κ2) is 8.20. The number of hydrogen-bond donors (Lipinski definition) is 1. The van der Waals surface area contributed by atoms with E-state index in [4.69, 9.17) is 0 Å². The predicted octanol–water partition coefficient (Wildman–Crippen LogP) is 5.78. The van der Waals surface area contributed by atoms with Gasteiger partial charge in [0.05, 0.1) is 17.2 Å². The number of aryl methyl sites for hydroxylation is 1. The molecule has 1 amide bonds. The predicted molar refractivity (Wildman–Crippen MR) is 114 cm³/mol. The maximum atomic E-state index is 14.8. The van der Waals surface area contributed by atoms with Crippen LogP contribution in [0.15, 0.2) is 78.4 Å². The van der Waals surface area contributed by atoms with Crippen molar-refractivity contribution in [2.24, 2.45) is 0 Å². The van der Waals surface area contributed by atoms with E-state index in [1.165, 1.54) is 18.2 Å². The number of halogens is 4. The zero-order valence-electron chi connectivity index (χ0n) is 17.2. The molecule has 0 aromatic heterocycles. The van der Waals surface area contributed by atoms with Gasteiger partial charge in [-0.25, -0.2) is 4.39 Å². The molecule has 33 heavy (non-hydrogen) atoms. The van der Waals surface area contributed by atoms with Gasteiger partial charge >= 0.3 is 6.18 Å². The molecule has 1 fully saturated rings. The second-order valence-corrected chi connectivity index (χ2v) is 7.60. The highest BCUT2D eigenvalue weighted by Crippen LogP contribution is 2.43. The normalized spacial score (nSPS) is 18.1. The average molecular weight is 455 g/mol. The summed E-state index contributed by atoms with van der Waals surface area (Å²) in [6, 6.07) is 14.1. The van der Waals surface area contributed by atoms with Crippen molar-refractivity contribution in [1.82, 2.24) is 0 Å². The summed E-state index contributed by atoms with van der Waals surface area (Å²) in [5.41, 5.74) is -0.278. The van der Waals surface area contributed by atoms with E-state index in [0.717, 1.165) is 40.8 Å². The second-order valence-electron chi connectivity index (χ2n) is 7.60. The molecule has 1 aliphatic heterocycles. The molecule has 0 radical (unpaired) electrons. The van der Waals surface area contributed by atoms with Crippen molar-refractivity contribution in [1.29, 1.82) is 0 Å². The summed E-state index contributed by atoms with van der Waals surface area (Å²) in [7, 11) is 0. The molecule has 4 nitrogen and oxygen atoms in total. The molecule has 1 unspecified atom stereocenters. The molecule has 0 aliphatic carbocycles. The Morgan fingerprint density at radius 2 is 1.52 bits per heavy atom. The Morgan fingerprint density at radius 3 is 2.09 bits per heavy atom. The number of anilines is 1. The number of benzene rings is 3. The Labute approximate surface area is 186 Å². The smallest absolute Gasteiger partial charge is 0.416 e. The molecule has 3 aromatic rings. The lowest BCUT2D eigenvalue weighted by atomic mass is 9.94. The van der Waals surface area contributed by atoms with Gasteiger partial charge in [-0.05, 0) is 37.3 Å². The average Bonchev–Trinajstić information content (AvgIpc) is 3.04. The van der Waals surface area contributed by atoms with E-state index in [9.17, 15) is 32.3 Å². The molecule has 1 heterocycles. The molecule has 1 saturated heterocycles. The van der Waals surface area contributed by atoms with Crippen LogP contribution in [0.4, 0.5) is 23.2 Å². The highest BCUT2D eigenvalue weighted by Gasteiger charge is 2.48. The van der Waals surface area contributed by atoms with E-state index in [1.54, 1.807) is 24.3 Å². The summed E-state index contributed by atoms with van der Waals surface area (Å²) in [4.78, 5) is 26.9. The maximum Gasteiger partial charge on any atom is 0.416 e. The van der Waals surface area contributed by atoms with E-state index in [-0.39, 0.29) is 22.4 Å². The first-order chi connectivity index (χ1) is 15.6. The van der Waals surface area contributed by atoms with Gasteiger partial charge in [0.2, 0.25) is 0 Å². The van der Waals surface area contributed by atoms with Gasteiger partial charge in [0, 0.05) is 16.8 Å². The van der Waals surface area contributed by atoms with E-state index < -0.39 is 41.0 Å². The zero-order chi connectivity index (χ0) is 23.9. The minimum atomic E-state index is -4.59. The van der Waals surface area contributed by atoms with Gasteiger partial charge in [0.15, 0.2) is 0 Å². The molecule has 1 atom stereocenters. The number of carbonyl (C=O) groups is 2. The number of hydrogen-bond acceptors (Lipinski definition) is 3. The molecular weight excluding hydrogens is 438 g/mol. The Hall–Kier alpha value is -3.94. The molecule has 3 aromatic carbocycles. The van der Waals surface area contributed by atoms with Crippen LogP contribution in [-0.2, 0) is 15.8 Å². The third-order valence-corrected chi connectivity index (χ3v) is 5.44. The molecular formula is C25H17F4NO3. The van der Waals surface area contributed by atoms with Crippen molar-refractivity contribution in [2.75, 3.05) is 4.90 Å². The van der Waals surface area contributed by atoms with Crippen molar-refractivity contribution >= 4 is 23.1 Å². The lowest BCUT2D eigenvalue weighted by Gasteiger charge is -2.26. The molecule has 1 N–H and O–H groups in total. The van der Waals surface area contributed by atoms with Gasteiger partial charge in [-0.2, -0.15) is 13.2 Å². The van der Waals surface area contributed by atoms with Gasteiger partial charge in [0.1, 0.15) is 11.6 Å². The quantitative estimate of drug-likeness (QED) is 0.236. The zero-order valence-corrected chi connectivity index (χ0v) is 17.2. The molecule has 1 aliphatic rings. The highest BCUT2D eigenvalue weighted by atomic mass is 19.4. The van der Waals surface area contributed by atoms with Crippen LogP contribution in [0.1, 0.15) is 28.3 Å². The van der Waals surface area contributed by atoms with Crippen molar-refractivity contribution in [3.05, 3.63) is 106 Å². The van der Waals surface area contributed by atoms with Crippen LogP contribution in [0.2, 0.25) is 0 Å². The van der Waals surface area contributed by atoms with Crippen molar-refractivity contribution in [2.45, 2.75) is 19.1 Å². The lowest BCUT2D eigenvalue weighted by Crippen LogP contribution is -2.30. The molecule has 168 valence electrons. The molecule has 4 rings (SSSR count). The van der Waals surface area contributed by atoms with Gasteiger partial charge in [-0.15, -0.1) is 0 Å². The number of amides is 1. The van der Waals surface area contributed by atoms with E-state index >= 15 is 0 Å². The van der Waals surface area contributed by atoms with Crippen LogP contribution in [0.25, 0.3) is 5.76 Å². The standard InChI is InChI=1S/C25H17F4NO3/c1-14-6-8-15(9-7-14)22(31)20-21(18-4-2-3-5-19(18)26)30(24(33)23(20)32)17-12-10-16(11-13-17)25(27,28)29/h2-13,21,31H,1H3/b22-20+. The van der Waals surface area contributed by atoms with Crippen LogP contribution in [-0.4, -0.2) is 16.8 Å². The summed E-state index contributed by atoms with van der Waals surface area (Å²) in [5.74, 6) is -3.40. The van der Waals surface area contributed by atoms with Crippen LogP contribution < -0.4 is 4.90 Å². The van der Waals surface area contributed by atoms with Crippen molar-refractivity contribution in [3.8, 4) is 0 Å². The summed E-state index contributed by atoms with van der Waals surface area (Å²) in [6.45, 7) is 1.83. The number of rotatable bonds is 3. The van der Waals surface area contributed by atoms with Crippen LogP contribution in [0.3, 0.4) is 0 Å². The summed E-state index contributed by atoms with van der Waals surface area (Å²) in [5, 5.41) is 10.9. The van der Waals surface area contributed by atoms with Crippen LogP contribution in [0.5, 0.6) is 0 Å². The van der Waals surface area contributed by atoms with Crippen molar-refractivity contribution < 1.29 is 32.3 Å². The number of ketones is 1. The van der Waals surface area contributed by atoms with Gasteiger partial charge in [0.25, 0.3) is 11.7 Å². The van der Waals surface area contributed by atoms with Crippen LogP contribution >= 0.6 is 0 Å². The van der Waals surface area contributed by atoms with Gasteiger partial charge in [-0.3, -0.25) is 14.5 Å². The van der Waals surface area contributed by atoms with Crippen LogP contribution in [0, 0.1) is 12.7 Å².